The van der Waals surface area contributed by atoms with Crippen molar-refractivity contribution in [2.24, 2.45) is 0 Å². The molecule has 0 aromatic heterocycles. The average molecular weight is 349 g/mol. The number of halogens is 2. The third kappa shape index (κ3) is 3.15. The zero-order chi connectivity index (χ0) is 12.1. The van der Waals surface area contributed by atoms with Crippen molar-refractivity contribution >= 4 is 49.7 Å². The predicted octanol–water partition coefficient (Wildman–Crippen LogP) is 2.68. The van der Waals surface area contributed by atoms with Crippen molar-refractivity contribution in [3.63, 3.8) is 0 Å². The molecule has 5 heteroatoms. The van der Waals surface area contributed by atoms with Crippen LogP contribution in [-0.4, -0.2) is 24.1 Å². The van der Waals surface area contributed by atoms with Crippen LogP contribution in [0.5, 0.6) is 0 Å². The van der Waals surface area contributed by atoms with Gasteiger partial charge in [0.05, 0.1) is 11.9 Å². The first-order chi connectivity index (χ1) is 7.60. The predicted molar refractivity (Wildman–Crippen MR) is 71.1 cm³/mol. The summed E-state index contributed by atoms with van der Waals surface area (Å²) in [5.74, 6) is -0.131. The third-order valence-electron chi connectivity index (χ3n) is 2.13. The fourth-order valence-electron chi connectivity index (χ4n) is 1.35. The second-order valence-corrected chi connectivity index (χ2v) is 4.71. The van der Waals surface area contributed by atoms with Gasteiger partial charge < -0.3 is 9.69 Å². The monoisotopic (exact) mass is 347 g/mol. The van der Waals surface area contributed by atoms with Gasteiger partial charge in [-0.05, 0) is 24.6 Å². The molecule has 86 valence electrons. The number of hydrogen-bond acceptors (Lipinski definition) is 2. The van der Waals surface area contributed by atoms with Crippen molar-refractivity contribution in [3.8, 4) is 0 Å². The molecule has 0 radical (unpaired) electrons. The summed E-state index contributed by atoms with van der Waals surface area (Å²) in [6, 6.07) is 5.63. The van der Waals surface area contributed by atoms with Gasteiger partial charge >= 0.3 is 0 Å². The lowest BCUT2D eigenvalue weighted by atomic mass is 10.2. The van der Waals surface area contributed by atoms with Crippen LogP contribution in [0.2, 0.25) is 0 Å². The lowest BCUT2D eigenvalue weighted by Gasteiger charge is -2.21. The van der Waals surface area contributed by atoms with Crippen molar-refractivity contribution in [3.05, 3.63) is 28.2 Å². The zero-order valence-corrected chi connectivity index (χ0v) is 11.9. The van der Waals surface area contributed by atoms with Crippen LogP contribution in [0.4, 0.5) is 5.69 Å². The molecular weight excluding hydrogens is 338 g/mol. The molecule has 1 amide bonds. The Hall–Kier alpha value is -0.680. The van der Waals surface area contributed by atoms with Gasteiger partial charge in [-0.1, -0.05) is 37.9 Å². The number of aldehydes is 1. The van der Waals surface area contributed by atoms with E-state index < -0.39 is 0 Å². The molecule has 1 rings (SSSR count). The third-order valence-corrected chi connectivity index (χ3v) is 3.11. The van der Waals surface area contributed by atoms with E-state index in [4.69, 9.17) is 0 Å². The summed E-state index contributed by atoms with van der Waals surface area (Å²) < 4.78 is 0.881. The molecule has 0 N–H and O–H groups in total. The van der Waals surface area contributed by atoms with E-state index in [2.05, 4.69) is 31.9 Å². The fourth-order valence-corrected chi connectivity index (χ4v) is 2.01. The number of hydrogen-bond donors (Lipinski definition) is 0. The Morgan fingerprint density at radius 3 is 2.75 bits per heavy atom. The summed E-state index contributed by atoms with van der Waals surface area (Å²) in [4.78, 5) is 23.7. The summed E-state index contributed by atoms with van der Waals surface area (Å²) >= 11 is 6.46. The number of carbonyl (C=O) groups is 2. The lowest BCUT2D eigenvalue weighted by Crippen LogP contribution is -2.33. The highest BCUT2D eigenvalue weighted by Crippen LogP contribution is 2.24. The molecule has 0 aliphatic carbocycles. The van der Waals surface area contributed by atoms with Crippen molar-refractivity contribution < 1.29 is 9.59 Å². The van der Waals surface area contributed by atoms with E-state index in [-0.39, 0.29) is 17.8 Å². The standard InChI is InChI=1S/C11H11Br2NO2/c1-8-2-3-9(13)6-10(8)14(4-5-15)11(16)7-12/h2-3,5-6H,4,7H2,1H3. The molecule has 0 bridgehead atoms. The zero-order valence-electron chi connectivity index (χ0n) is 8.74. The van der Waals surface area contributed by atoms with E-state index in [1.165, 1.54) is 4.90 Å². The molecule has 0 aliphatic rings. The van der Waals surface area contributed by atoms with Gasteiger partial charge in [-0.25, -0.2) is 0 Å². The number of aryl methyl sites for hydroxylation is 1. The second kappa shape index (κ2) is 6.15. The van der Waals surface area contributed by atoms with Gasteiger partial charge in [-0.15, -0.1) is 0 Å². The molecule has 0 aliphatic heterocycles. The van der Waals surface area contributed by atoms with E-state index in [1.54, 1.807) is 0 Å². The van der Waals surface area contributed by atoms with E-state index in [0.29, 0.717) is 0 Å². The van der Waals surface area contributed by atoms with Crippen molar-refractivity contribution in [2.45, 2.75) is 6.92 Å². The molecule has 0 fully saturated rings. The molecule has 16 heavy (non-hydrogen) atoms. The Bertz CT molecular complexity index is 407. The van der Waals surface area contributed by atoms with Crippen LogP contribution in [0, 0.1) is 6.92 Å². The molecule has 0 saturated carbocycles. The van der Waals surface area contributed by atoms with Gasteiger partial charge in [-0.3, -0.25) is 4.79 Å². The first kappa shape index (κ1) is 13.4. The van der Waals surface area contributed by atoms with Crippen LogP contribution in [0.25, 0.3) is 0 Å². The Balaban J connectivity index is 3.14. The maximum Gasteiger partial charge on any atom is 0.238 e. The molecule has 0 heterocycles. The van der Waals surface area contributed by atoms with E-state index in [1.807, 2.05) is 25.1 Å². The number of rotatable bonds is 4. The van der Waals surface area contributed by atoms with Crippen LogP contribution >= 0.6 is 31.9 Å². The SMILES string of the molecule is Cc1ccc(Br)cc1N(CC=O)C(=O)CBr. The molecule has 0 saturated heterocycles. The fraction of sp³-hybridized carbons (Fsp3) is 0.273. The molecule has 1 aromatic carbocycles. The van der Waals surface area contributed by atoms with Gasteiger partial charge in [0.2, 0.25) is 5.91 Å². The second-order valence-electron chi connectivity index (χ2n) is 3.24. The highest BCUT2D eigenvalue weighted by atomic mass is 79.9. The topological polar surface area (TPSA) is 37.4 Å². The Morgan fingerprint density at radius 1 is 1.50 bits per heavy atom. The molecule has 3 nitrogen and oxygen atoms in total. The minimum Gasteiger partial charge on any atom is -0.304 e. The number of anilines is 1. The van der Waals surface area contributed by atoms with E-state index >= 15 is 0 Å². The normalized spacial score (nSPS) is 9.94. The van der Waals surface area contributed by atoms with E-state index in [0.717, 1.165) is 22.0 Å². The van der Waals surface area contributed by atoms with Crippen LogP contribution in [0.3, 0.4) is 0 Å². The number of benzene rings is 1. The maximum atomic E-state index is 11.7. The largest absolute Gasteiger partial charge is 0.304 e. The maximum absolute atomic E-state index is 11.7. The first-order valence-corrected chi connectivity index (χ1v) is 6.57. The highest BCUT2D eigenvalue weighted by molar-refractivity contribution is 9.10. The number of carbonyl (C=O) groups excluding carboxylic acids is 2. The first-order valence-electron chi connectivity index (χ1n) is 4.66. The molecule has 0 unspecified atom stereocenters. The summed E-state index contributed by atoms with van der Waals surface area (Å²) in [5.41, 5.74) is 1.71. The highest BCUT2D eigenvalue weighted by Gasteiger charge is 2.16. The number of alkyl halides is 1. The van der Waals surface area contributed by atoms with E-state index in [9.17, 15) is 9.59 Å². The summed E-state index contributed by atoms with van der Waals surface area (Å²) in [5, 5.41) is 0.201. The molecule has 0 spiro atoms. The Labute approximate surface area is 111 Å². The van der Waals surface area contributed by atoms with Crippen molar-refractivity contribution in [2.75, 3.05) is 16.8 Å². The lowest BCUT2D eigenvalue weighted by molar-refractivity contribution is -0.117. The van der Waals surface area contributed by atoms with Gasteiger partial charge in [0.1, 0.15) is 6.29 Å². The van der Waals surface area contributed by atoms with Crippen molar-refractivity contribution in [1.29, 1.82) is 0 Å². The number of amides is 1. The minimum atomic E-state index is -0.131. The quantitative estimate of drug-likeness (QED) is 0.619. The minimum absolute atomic E-state index is 0.0712. The smallest absolute Gasteiger partial charge is 0.238 e. The van der Waals surface area contributed by atoms with Crippen LogP contribution in [0.1, 0.15) is 5.56 Å². The average Bonchev–Trinajstić information content (AvgIpc) is 2.28. The van der Waals surface area contributed by atoms with Crippen LogP contribution in [-0.2, 0) is 9.59 Å². The van der Waals surface area contributed by atoms with Gasteiger partial charge in [0.15, 0.2) is 0 Å². The van der Waals surface area contributed by atoms with Gasteiger partial charge in [-0.2, -0.15) is 0 Å². The number of nitrogens with zero attached hydrogens (tertiary/aromatic N) is 1. The van der Waals surface area contributed by atoms with Crippen molar-refractivity contribution in [1.82, 2.24) is 0 Å². The molecule has 1 aromatic rings. The van der Waals surface area contributed by atoms with Gasteiger partial charge in [0, 0.05) is 10.2 Å². The summed E-state index contributed by atoms with van der Waals surface area (Å²) in [6.07, 6.45) is 0.723. The molecular formula is C11H11Br2NO2. The summed E-state index contributed by atoms with van der Waals surface area (Å²) in [7, 11) is 0. The van der Waals surface area contributed by atoms with Crippen LogP contribution < -0.4 is 4.90 Å². The Kier molecular flexibility index (Phi) is 5.15. The van der Waals surface area contributed by atoms with Gasteiger partial charge in [0.25, 0.3) is 0 Å². The van der Waals surface area contributed by atoms with Crippen LogP contribution in [0.15, 0.2) is 22.7 Å². The Morgan fingerprint density at radius 2 is 2.19 bits per heavy atom. The molecule has 0 atom stereocenters. The summed E-state index contributed by atoms with van der Waals surface area (Å²) in [6.45, 7) is 1.98.